The van der Waals surface area contributed by atoms with E-state index >= 15 is 0 Å². The van der Waals surface area contributed by atoms with E-state index in [2.05, 4.69) is 24.3 Å². The molecule has 0 saturated carbocycles. The number of hydrogen-bond donors (Lipinski definition) is 0. The molecule has 0 N–H and O–H groups in total. The molecule has 17 heavy (non-hydrogen) atoms. The van der Waals surface area contributed by atoms with Gasteiger partial charge in [0.1, 0.15) is 0 Å². The normalized spacial score (nSPS) is 19.8. The topological polar surface area (TPSA) is 20.3 Å². The van der Waals surface area contributed by atoms with Crippen molar-refractivity contribution in [2.75, 3.05) is 6.54 Å². The minimum absolute atomic E-state index is 0.328. The SMILES string of the molecule is O=C1CCCC2=C(Cc3ccccc3)CCN12. The maximum absolute atomic E-state index is 11.8. The zero-order valence-corrected chi connectivity index (χ0v) is 9.98. The van der Waals surface area contributed by atoms with Gasteiger partial charge in [-0.1, -0.05) is 30.3 Å². The summed E-state index contributed by atoms with van der Waals surface area (Å²) in [4.78, 5) is 13.8. The number of allylic oxidation sites excluding steroid dienone is 1. The summed E-state index contributed by atoms with van der Waals surface area (Å²) < 4.78 is 0. The predicted octanol–water partition coefficient (Wildman–Crippen LogP) is 2.90. The third kappa shape index (κ3) is 1.99. The lowest BCUT2D eigenvalue weighted by Gasteiger charge is -2.25. The Bertz CT molecular complexity index is 461. The van der Waals surface area contributed by atoms with Gasteiger partial charge in [0.05, 0.1) is 0 Å². The maximum atomic E-state index is 11.8. The summed E-state index contributed by atoms with van der Waals surface area (Å²) in [5.74, 6) is 0.328. The van der Waals surface area contributed by atoms with Crippen LogP contribution >= 0.6 is 0 Å². The Hall–Kier alpha value is -1.57. The van der Waals surface area contributed by atoms with Gasteiger partial charge in [-0.2, -0.15) is 0 Å². The van der Waals surface area contributed by atoms with Crippen molar-refractivity contribution in [2.45, 2.75) is 32.1 Å². The van der Waals surface area contributed by atoms with Crippen molar-refractivity contribution in [2.24, 2.45) is 0 Å². The summed E-state index contributed by atoms with van der Waals surface area (Å²) in [5.41, 5.74) is 4.16. The van der Waals surface area contributed by atoms with Crippen molar-refractivity contribution in [3.8, 4) is 0 Å². The van der Waals surface area contributed by atoms with Crippen LogP contribution in [0.3, 0.4) is 0 Å². The molecule has 2 heteroatoms. The van der Waals surface area contributed by atoms with Gasteiger partial charge in [-0.15, -0.1) is 0 Å². The number of nitrogens with zero attached hydrogens (tertiary/aromatic N) is 1. The average Bonchev–Trinajstić information content (AvgIpc) is 2.76. The molecular formula is C15H17NO. The second kappa shape index (κ2) is 4.36. The van der Waals surface area contributed by atoms with Gasteiger partial charge in [0.15, 0.2) is 0 Å². The van der Waals surface area contributed by atoms with E-state index in [4.69, 9.17) is 0 Å². The Morgan fingerprint density at radius 3 is 2.71 bits per heavy atom. The minimum atomic E-state index is 0.328. The number of hydrogen-bond acceptors (Lipinski definition) is 1. The first-order chi connectivity index (χ1) is 8.34. The number of piperidine rings is 1. The first-order valence-electron chi connectivity index (χ1n) is 6.40. The third-order valence-electron chi connectivity index (χ3n) is 3.74. The summed E-state index contributed by atoms with van der Waals surface area (Å²) >= 11 is 0. The molecule has 1 amide bonds. The molecule has 0 radical (unpaired) electrons. The van der Waals surface area contributed by atoms with E-state index in [0.717, 1.165) is 38.6 Å². The Morgan fingerprint density at radius 2 is 1.88 bits per heavy atom. The van der Waals surface area contributed by atoms with Crippen molar-refractivity contribution in [1.82, 2.24) is 4.90 Å². The standard InChI is InChI=1S/C15H17NO/c17-15-8-4-7-14-13(9-10-16(14)15)11-12-5-2-1-3-6-12/h1-3,5-6H,4,7-11H2. The highest BCUT2D eigenvalue weighted by atomic mass is 16.2. The van der Waals surface area contributed by atoms with Crippen LogP contribution in [0, 0.1) is 0 Å². The van der Waals surface area contributed by atoms with Crippen LogP contribution in [-0.2, 0) is 11.2 Å². The van der Waals surface area contributed by atoms with Crippen LogP contribution in [0.25, 0.3) is 0 Å². The van der Waals surface area contributed by atoms with Gasteiger partial charge in [0, 0.05) is 18.7 Å². The van der Waals surface area contributed by atoms with Gasteiger partial charge in [-0.05, 0) is 36.8 Å². The second-order valence-electron chi connectivity index (χ2n) is 4.86. The third-order valence-corrected chi connectivity index (χ3v) is 3.74. The number of fused-ring (bicyclic) bond motifs is 1. The fourth-order valence-electron chi connectivity index (χ4n) is 2.88. The zero-order valence-electron chi connectivity index (χ0n) is 9.98. The molecule has 0 aliphatic carbocycles. The molecule has 2 nitrogen and oxygen atoms in total. The Morgan fingerprint density at radius 1 is 1.06 bits per heavy atom. The lowest BCUT2D eigenvalue weighted by Crippen LogP contribution is -2.31. The van der Waals surface area contributed by atoms with Gasteiger partial charge in [-0.3, -0.25) is 4.79 Å². The number of carbonyl (C=O) groups excluding carboxylic acids is 1. The van der Waals surface area contributed by atoms with Gasteiger partial charge < -0.3 is 4.90 Å². The summed E-state index contributed by atoms with van der Waals surface area (Å²) in [6.45, 7) is 0.913. The molecule has 88 valence electrons. The van der Waals surface area contributed by atoms with Crippen LogP contribution in [-0.4, -0.2) is 17.4 Å². The first-order valence-corrected chi connectivity index (χ1v) is 6.40. The molecular weight excluding hydrogens is 210 g/mol. The van der Waals surface area contributed by atoms with E-state index in [-0.39, 0.29) is 0 Å². The Balaban J connectivity index is 1.84. The average molecular weight is 227 g/mol. The van der Waals surface area contributed by atoms with Crippen LogP contribution in [0.4, 0.5) is 0 Å². The van der Waals surface area contributed by atoms with E-state index in [1.54, 1.807) is 0 Å². The lowest BCUT2D eigenvalue weighted by atomic mass is 9.99. The fourth-order valence-corrected chi connectivity index (χ4v) is 2.88. The van der Waals surface area contributed by atoms with Crippen LogP contribution in [0.2, 0.25) is 0 Å². The van der Waals surface area contributed by atoms with Crippen molar-refractivity contribution < 1.29 is 4.79 Å². The summed E-state index contributed by atoms with van der Waals surface area (Å²) in [6.07, 6.45) is 4.94. The summed E-state index contributed by atoms with van der Waals surface area (Å²) in [6, 6.07) is 10.5. The minimum Gasteiger partial charge on any atom is -0.316 e. The molecule has 1 saturated heterocycles. The largest absolute Gasteiger partial charge is 0.316 e. The smallest absolute Gasteiger partial charge is 0.226 e. The fraction of sp³-hybridized carbons (Fsp3) is 0.400. The molecule has 2 aliphatic rings. The number of benzene rings is 1. The maximum Gasteiger partial charge on any atom is 0.226 e. The van der Waals surface area contributed by atoms with Crippen LogP contribution < -0.4 is 0 Å². The molecule has 0 atom stereocenters. The Kier molecular flexibility index (Phi) is 2.71. The lowest BCUT2D eigenvalue weighted by molar-refractivity contribution is -0.130. The molecule has 0 spiro atoms. The number of amides is 1. The zero-order chi connectivity index (χ0) is 11.7. The second-order valence-corrected chi connectivity index (χ2v) is 4.86. The number of carbonyl (C=O) groups is 1. The molecule has 1 aromatic rings. The Labute approximate surface area is 102 Å². The van der Waals surface area contributed by atoms with E-state index in [1.807, 2.05) is 11.0 Å². The highest BCUT2D eigenvalue weighted by Crippen LogP contribution is 2.33. The van der Waals surface area contributed by atoms with Gasteiger partial charge >= 0.3 is 0 Å². The molecule has 2 heterocycles. The van der Waals surface area contributed by atoms with Crippen LogP contribution in [0.15, 0.2) is 41.6 Å². The van der Waals surface area contributed by atoms with E-state index in [9.17, 15) is 4.79 Å². The van der Waals surface area contributed by atoms with Crippen molar-refractivity contribution in [3.05, 3.63) is 47.2 Å². The van der Waals surface area contributed by atoms with E-state index in [0.29, 0.717) is 5.91 Å². The first kappa shape index (κ1) is 10.6. The van der Waals surface area contributed by atoms with Crippen molar-refractivity contribution in [1.29, 1.82) is 0 Å². The predicted molar refractivity (Wildman–Crippen MR) is 67.4 cm³/mol. The summed E-state index contributed by atoms with van der Waals surface area (Å²) in [7, 11) is 0. The quantitative estimate of drug-likeness (QED) is 0.760. The van der Waals surface area contributed by atoms with Crippen LogP contribution in [0.5, 0.6) is 0 Å². The van der Waals surface area contributed by atoms with Crippen molar-refractivity contribution in [3.63, 3.8) is 0 Å². The molecule has 2 aliphatic heterocycles. The molecule has 0 aromatic heterocycles. The van der Waals surface area contributed by atoms with Crippen LogP contribution in [0.1, 0.15) is 31.2 Å². The van der Waals surface area contributed by atoms with Gasteiger partial charge in [-0.25, -0.2) is 0 Å². The summed E-state index contributed by atoms with van der Waals surface area (Å²) in [5, 5.41) is 0. The van der Waals surface area contributed by atoms with Crippen molar-refractivity contribution >= 4 is 5.91 Å². The molecule has 0 unspecified atom stereocenters. The highest BCUT2D eigenvalue weighted by Gasteiger charge is 2.29. The highest BCUT2D eigenvalue weighted by molar-refractivity contribution is 5.80. The molecule has 1 aromatic carbocycles. The number of rotatable bonds is 2. The molecule has 0 bridgehead atoms. The monoisotopic (exact) mass is 227 g/mol. The van der Waals surface area contributed by atoms with E-state index < -0.39 is 0 Å². The molecule has 1 fully saturated rings. The van der Waals surface area contributed by atoms with Gasteiger partial charge in [0.2, 0.25) is 5.91 Å². The molecule has 3 rings (SSSR count). The van der Waals surface area contributed by atoms with E-state index in [1.165, 1.54) is 16.8 Å². The van der Waals surface area contributed by atoms with Gasteiger partial charge in [0.25, 0.3) is 0 Å².